The maximum atomic E-state index is 8.85. The Hall–Kier alpha value is -1.64. The van der Waals surface area contributed by atoms with Gasteiger partial charge in [0.1, 0.15) is 5.84 Å². The SMILES string of the molecule is C#CCSCCNCC(/C(N)=N\O)c1ccccc1. The lowest BCUT2D eigenvalue weighted by Crippen LogP contribution is -2.32. The number of thioether (sulfide) groups is 1. The van der Waals surface area contributed by atoms with E-state index in [1.165, 1.54) is 0 Å². The van der Waals surface area contributed by atoms with Crippen LogP contribution in [0.2, 0.25) is 0 Å². The molecule has 0 aliphatic carbocycles. The maximum absolute atomic E-state index is 8.85. The van der Waals surface area contributed by atoms with Gasteiger partial charge in [0, 0.05) is 18.8 Å². The lowest BCUT2D eigenvalue weighted by molar-refractivity contribution is 0.315. The summed E-state index contributed by atoms with van der Waals surface area (Å²) >= 11 is 1.71. The largest absolute Gasteiger partial charge is 0.409 e. The Labute approximate surface area is 118 Å². The van der Waals surface area contributed by atoms with Gasteiger partial charge in [-0.05, 0) is 5.56 Å². The smallest absolute Gasteiger partial charge is 0.147 e. The van der Waals surface area contributed by atoms with Crippen LogP contribution in [-0.2, 0) is 0 Å². The highest BCUT2D eigenvalue weighted by Crippen LogP contribution is 2.14. The van der Waals surface area contributed by atoms with Crippen molar-refractivity contribution < 1.29 is 5.21 Å². The second kappa shape index (κ2) is 9.31. The Morgan fingerprint density at radius 1 is 1.47 bits per heavy atom. The van der Waals surface area contributed by atoms with Gasteiger partial charge in [0.25, 0.3) is 0 Å². The normalized spacial score (nSPS) is 12.9. The summed E-state index contributed by atoms with van der Waals surface area (Å²) < 4.78 is 0. The molecule has 102 valence electrons. The fourth-order valence-electron chi connectivity index (χ4n) is 1.67. The van der Waals surface area contributed by atoms with E-state index in [4.69, 9.17) is 17.4 Å². The fourth-order valence-corrected chi connectivity index (χ4v) is 2.22. The van der Waals surface area contributed by atoms with E-state index >= 15 is 0 Å². The number of terminal acetylenes is 1. The molecule has 0 saturated heterocycles. The van der Waals surface area contributed by atoms with Crippen LogP contribution >= 0.6 is 11.8 Å². The third-order valence-electron chi connectivity index (χ3n) is 2.63. The van der Waals surface area contributed by atoms with E-state index < -0.39 is 0 Å². The highest BCUT2D eigenvalue weighted by atomic mass is 32.2. The molecular formula is C14H19N3OS. The zero-order chi connectivity index (χ0) is 13.9. The lowest BCUT2D eigenvalue weighted by Gasteiger charge is -2.16. The summed E-state index contributed by atoms with van der Waals surface area (Å²) in [6.45, 7) is 1.48. The summed E-state index contributed by atoms with van der Waals surface area (Å²) in [5.74, 6) is 4.35. The molecule has 0 saturated carbocycles. The number of benzene rings is 1. The number of nitrogens with one attached hydrogen (secondary N) is 1. The van der Waals surface area contributed by atoms with Crippen molar-refractivity contribution in [2.75, 3.05) is 24.6 Å². The van der Waals surface area contributed by atoms with Crippen LogP contribution in [0.1, 0.15) is 11.5 Å². The van der Waals surface area contributed by atoms with Gasteiger partial charge in [-0.15, -0.1) is 18.2 Å². The van der Waals surface area contributed by atoms with Crippen LogP contribution in [0, 0.1) is 12.3 Å². The zero-order valence-corrected chi connectivity index (χ0v) is 11.6. The number of oxime groups is 1. The molecule has 0 fully saturated rings. The van der Waals surface area contributed by atoms with Crippen molar-refractivity contribution in [2.45, 2.75) is 5.92 Å². The van der Waals surface area contributed by atoms with E-state index in [1.807, 2.05) is 30.3 Å². The first-order valence-corrected chi connectivity index (χ1v) is 7.19. The van der Waals surface area contributed by atoms with E-state index in [2.05, 4.69) is 16.4 Å². The second-order valence-corrected chi connectivity index (χ2v) is 5.05. The molecule has 0 spiro atoms. The molecule has 1 rings (SSSR count). The Morgan fingerprint density at radius 3 is 2.84 bits per heavy atom. The molecule has 1 atom stereocenters. The number of amidine groups is 1. The van der Waals surface area contributed by atoms with Crippen LogP contribution in [0.5, 0.6) is 0 Å². The second-order valence-electron chi connectivity index (χ2n) is 3.95. The van der Waals surface area contributed by atoms with Crippen molar-refractivity contribution in [3.63, 3.8) is 0 Å². The summed E-state index contributed by atoms with van der Waals surface area (Å²) in [5, 5.41) is 15.3. The summed E-state index contributed by atoms with van der Waals surface area (Å²) in [5.41, 5.74) is 6.77. The lowest BCUT2D eigenvalue weighted by atomic mass is 9.98. The molecule has 0 heterocycles. The molecule has 0 radical (unpaired) electrons. The average molecular weight is 277 g/mol. The number of rotatable bonds is 8. The fraction of sp³-hybridized carbons (Fsp3) is 0.357. The number of nitrogens with two attached hydrogens (primary N) is 1. The number of hydrogen-bond acceptors (Lipinski definition) is 4. The molecule has 4 N–H and O–H groups in total. The Kier molecular flexibility index (Phi) is 7.56. The number of nitrogens with zero attached hydrogens (tertiary/aromatic N) is 1. The highest BCUT2D eigenvalue weighted by molar-refractivity contribution is 7.99. The van der Waals surface area contributed by atoms with Gasteiger partial charge in [-0.1, -0.05) is 41.4 Å². The number of hydrogen-bond donors (Lipinski definition) is 3. The van der Waals surface area contributed by atoms with Gasteiger partial charge in [0.2, 0.25) is 0 Å². The molecule has 1 aromatic carbocycles. The van der Waals surface area contributed by atoms with Crippen LogP contribution in [0.15, 0.2) is 35.5 Å². The van der Waals surface area contributed by atoms with E-state index in [1.54, 1.807) is 11.8 Å². The van der Waals surface area contributed by atoms with Crippen molar-refractivity contribution >= 4 is 17.6 Å². The van der Waals surface area contributed by atoms with Crippen LogP contribution in [0.25, 0.3) is 0 Å². The quantitative estimate of drug-likeness (QED) is 0.168. The molecule has 0 aliphatic rings. The monoisotopic (exact) mass is 277 g/mol. The minimum Gasteiger partial charge on any atom is -0.409 e. The van der Waals surface area contributed by atoms with Crippen LogP contribution in [-0.4, -0.2) is 35.6 Å². The first kappa shape index (κ1) is 15.4. The van der Waals surface area contributed by atoms with Crippen molar-refractivity contribution in [3.05, 3.63) is 35.9 Å². The van der Waals surface area contributed by atoms with Gasteiger partial charge < -0.3 is 16.3 Å². The van der Waals surface area contributed by atoms with E-state index in [-0.39, 0.29) is 11.8 Å². The Bertz CT molecular complexity index is 428. The maximum Gasteiger partial charge on any atom is 0.147 e. The third kappa shape index (κ3) is 5.69. The molecule has 0 bridgehead atoms. The molecule has 0 amide bonds. The van der Waals surface area contributed by atoms with E-state index in [0.29, 0.717) is 6.54 Å². The molecule has 0 aromatic heterocycles. The highest BCUT2D eigenvalue weighted by Gasteiger charge is 2.15. The zero-order valence-electron chi connectivity index (χ0n) is 10.7. The average Bonchev–Trinajstić information content (AvgIpc) is 2.47. The minimum atomic E-state index is -0.121. The molecule has 0 aliphatic heterocycles. The summed E-state index contributed by atoms with van der Waals surface area (Å²) in [6.07, 6.45) is 5.17. The predicted molar refractivity (Wildman–Crippen MR) is 81.6 cm³/mol. The Morgan fingerprint density at radius 2 is 2.21 bits per heavy atom. The van der Waals surface area contributed by atoms with Crippen LogP contribution < -0.4 is 11.1 Å². The van der Waals surface area contributed by atoms with Crippen molar-refractivity contribution in [1.82, 2.24) is 5.32 Å². The van der Waals surface area contributed by atoms with Gasteiger partial charge in [0.15, 0.2) is 0 Å². The van der Waals surface area contributed by atoms with Crippen molar-refractivity contribution in [2.24, 2.45) is 10.9 Å². The van der Waals surface area contributed by atoms with Crippen LogP contribution in [0.4, 0.5) is 0 Å². The van der Waals surface area contributed by atoms with Gasteiger partial charge in [-0.25, -0.2) is 0 Å². The van der Waals surface area contributed by atoms with Crippen molar-refractivity contribution in [1.29, 1.82) is 0 Å². The summed E-state index contributed by atoms with van der Waals surface area (Å²) in [4.78, 5) is 0. The Balaban J connectivity index is 2.47. The minimum absolute atomic E-state index is 0.121. The standard InChI is InChI=1S/C14H19N3OS/c1-2-9-19-10-8-16-11-13(14(15)17-18)12-6-4-3-5-7-12/h1,3-7,13,16,18H,8-11H2,(H2,15,17). The van der Waals surface area contributed by atoms with Gasteiger partial charge in [-0.2, -0.15) is 0 Å². The first-order chi connectivity index (χ1) is 9.29. The van der Waals surface area contributed by atoms with E-state index in [0.717, 1.165) is 23.6 Å². The van der Waals surface area contributed by atoms with Crippen LogP contribution in [0.3, 0.4) is 0 Å². The predicted octanol–water partition coefficient (Wildman–Crippen LogP) is 1.47. The van der Waals surface area contributed by atoms with Gasteiger partial charge in [0.05, 0.1) is 11.7 Å². The van der Waals surface area contributed by atoms with Gasteiger partial charge in [-0.3, -0.25) is 0 Å². The molecule has 1 aromatic rings. The molecule has 1 unspecified atom stereocenters. The molecule has 5 heteroatoms. The molecule has 19 heavy (non-hydrogen) atoms. The van der Waals surface area contributed by atoms with Crippen molar-refractivity contribution in [3.8, 4) is 12.3 Å². The topological polar surface area (TPSA) is 70.6 Å². The summed E-state index contributed by atoms with van der Waals surface area (Å²) in [7, 11) is 0. The molecular weight excluding hydrogens is 258 g/mol. The summed E-state index contributed by atoms with van der Waals surface area (Å²) in [6, 6.07) is 9.76. The van der Waals surface area contributed by atoms with Gasteiger partial charge >= 0.3 is 0 Å². The third-order valence-corrected chi connectivity index (χ3v) is 3.50. The van der Waals surface area contributed by atoms with E-state index in [9.17, 15) is 0 Å². The first-order valence-electron chi connectivity index (χ1n) is 6.04. The molecule has 4 nitrogen and oxygen atoms in total.